The molecule has 326 valence electrons. The Morgan fingerprint density at radius 1 is 0.889 bits per heavy atom. The van der Waals surface area contributed by atoms with E-state index >= 15 is 0 Å². The molecule has 9 rings (SSSR count). The number of rotatable bonds is 11. The van der Waals surface area contributed by atoms with Gasteiger partial charge in [-0.25, -0.2) is 9.97 Å². The van der Waals surface area contributed by atoms with Crippen LogP contribution in [-0.2, 0) is 28.2 Å². The lowest BCUT2D eigenvalue weighted by Gasteiger charge is -2.53. The van der Waals surface area contributed by atoms with E-state index in [2.05, 4.69) is 68.9 Å². The van der Waals surface area contributed by atoms with E-state index in [-0.39, 0.29) is 29.7 Å². The predicted octanol–water partition coefficient (Wildman–Crippen LogP) is 5.17. The number of imide groups is 2. The number of nitrogens with one attached hydrogen (secondary N) is 1. The highest BCUT2D eigenvalue weighted by Crippen LogP contribution is 2.36. The summed E-state index contributed by atoms with van der Waals surface area (Å²) in [5, 5.41) is 12.2. The Hall–Kier alpha value is -5.72. The number of carbonyl (C=O) groups is 4. The number of ether oxygens (including phenoxy) is 1. The van der Waals surface area contributed by atoms with Gasteiger partial charge in [-0.1, -0.05) is 43.6 Å². The first-order chi connectivity index (χ1) is 30.3. The third-order valence-corrected chi connectivity index (χ3v) is 14.2. The number of benzene rings is 3. The first-order valence-electron chi connectivity index (χ1n) is 21.9. The van der Waals surface area contributed by atoms with Crippen LogP contribution in [0.25, 0.3) is 0 Å². The van der Waals surface area contributed by atoms with Crippen LogP contribution in [0, 0.1) is 11.3 Å². The van der Waals surface area contributed by atoms with Gasteiger partial charge >= 0.3 is 0 Å². The Balaban J connectivity index is 0.716. The van der Waals surface area contributed by atoms with Crippen molar-refractivity contribution in [3.8, 4) is 11.8 Å². The van der Waals surface area contributed by atoms with Gasteiger partial charge in [0, 0.05) is 93.5 Å². The fraction of sp³-hybridized carbons (Fsp3) is 0.438. The molecule has 1 aromatic heterocycles. The van der Waals surface area contributed by atoms with Crippen molar-refractivity contribution in [3.63, 3.8) is 0 Å². The van der Waals surface area contributed by atoms with Crippen molar-refractivity contribution in [2.75, 3.05) is 57.3 Å². The summed E-state index contributed by atoms with van der Waals surface area (Å²) in [5.41, 5.74) is 4.81. The van der Waals surface area contributed by atoms with Crippen LogP contribution in [0.2, 0.25) is 5.02 Å². The molecule has 4 saturated heterocycles. The molecule has 3 aromatic carbocycles. The number of carbonyl (C=O) groups excluding carboxylic acids is 4. The van der Waals surface area contributed by atoms with Crippen LogP contribution in [0.1, 0.15) is 95.1 Å². The van der Waals surface area contributed by atoms with Crippen LogP contribution in [-0.4, -0.2) is 123 Å². The minimum atomic E-state index is -0.962. The summed E-state index contributed by atoms with van der Waals surface area (Å²) in [5.74, 6) is -0.453. The van der Waals surface area contributed by atoms with Gasteiger partial charge in [0.25, 0.3) is 11.8 Å². The molecule has 14 nitrogen and oxygen atoms in total. The molecule has 4 amide bonds. The molecule has 63 heavy (non-hydrogen) atoms. The van der Waals surface area contributed by atoms with Gasteiger partial charge in [0.1, 0.15) is 18.4 Å². The highest BCUT2D eigenvalue weighted by Gasteiger charge is 2.45. The highest BCUT2D eigenvalue weighted by atomic mass is 35.5. The molecule has 0 spiro atoms. The van der Waals surface area contributed by atoms with E-state index in [0.717, 1.165) is 104 Å². The van der Waals surface area contributed by atoms with Crippen molar-refractivity contribution in [1.29, 1.82) is 5.26 Å². The number of likely N-dealkylation sites (tertiary alicyclic amines) is 2. The number of piperazine rings is 1. The van der Waals surface area contributed by atoms with Crippen LogP contribution in [0.4, 0.5) is 5.95 Å². The second-order valence-corrected chi connectivity index (χ2v) is 18.7. The fourth-order valence-electron chi connectivity index (χ4n) is 9.83. The number of aromatic nitrogens is 2. The second-order valence-electron chi connectivity index (χ2n) is 18.3. The predicted molar refractivity (Wildman–Crippen MR) is 236 cm³/mol. The lowest BCUT2D eigenvalue weighted by Crippen LogP contribution is -2.64. The highest BCUT2D eigenvalue weighted by molar-refractivity contribution is 6.30. The normalized spacial score (nSPS) is 21.2. The monoisotopic (exact) mass is 869 g/mol. The van der Waals surface area contributed by atoms with Gasteiger partial charge in [-0.2, -0.15) is 5.26 Å². The number of amides is 4. The van der Waals surface area contributed by atoms with Crippen LogP contribution in [0.3, 0.4) is 0 Å². The number of hydrogen-bond donors (Lipinski definition) is 1. The van der Waals surface area contributed by atoms with Gasteiger partial charge in [-0.15, -0.1) is 0 Å². The largest absolute Gasteiger partial charge is 0.487 e. The fourth-order valence-corrected chi connectivity index (χ4v) is 10.1. The molecule has 1 atom stereocenters. The number of halogens is 1. The van der Waals surface area contributed by atoms with E-state index in [1.165, 1.54) is 0 Å². The maximum absolute atomic E-state index is 13.3. The Bertz CT molecular complexity index is 2480. The summed E-state index contributed by atoms with van der Waals surface area (Å²) in [7, 11) is 0. The van der Waals surface area contributed by atoms with Crippen molar-refractivity contribution >= 4 is 41.2 Å². The summed E-state index contributed by atoms with van der Waals surface area (Å²) in [6.07, 6.45) is 4.27. The molecule has 0 saturated carbocycles. The molecule has 5 aliphatic rings. The van der Waals surface area contributed by atoms with E-state index in [0.29, 0.717) is 40.9 Å². The standard InChI is InChI=1S/C48H52ClN9O5/c1-47(2,34-22-32(26-50)23-35(49)25-34)33-5-7-38(8-6-33)63-30-36-12-15-51-46(52-36)56-18-20-57(21-19-56)48(3)13-16-55(17-14-48)37-28-54(29-37)27-31-4-9-39-40(24-31)45(62)58(44(39)61)41-10-11-42(59)53-43(41)60/h4-9,12,15,22-25,37,41H,10-11,13-14,16-21,27-30H2,1-3H3,(H,53,59,60). The number of nitriles is 1. The molecular formula is C48H52ClN9O5. The average molecular weight is 870 g/mol. The maximum Gasteiger partial charge on any atom is 0.262 e. The van der Waals surface area contributed by atoms with Crippen molar-refractivity contribution < 1.29 is 23.9 Å². The molecule has 4 fully saturated rings. The minimum Gasteiger partial charge on any atom is -0.487 e. The summed E-state index contributed by atoms with van der Waals surface area (Å²) in [4.78, 5) is 71.0. The topological polar surface area (TPSA) is 155 Å². The van der Waals surface area contributed by atoms with E-state index in [9.17, 15) is 24.4 Å². The molecule has 0 radical (unpaired) electrons. The Labute approximate surface area is 372 Å². The zero-order valence-electron chi connectivity index (χ0n) is 36.0. The summed E-state index contributed by atoms with van der Waals surface area (Å²) < 4.78 is 6.16. The van der Waals surface area contributed by atoms with Crippen molar-refractivity contribution in [3.05, 3.63) is 117 Å². The number of hydrogen-bond acceptors (Lipinski definition) is 12. The quantitative estimate of drug-likeness (QED) is 0.198. The van der Waals surface area contributed by atoms with Crippen LogP contribution >= 0.6 is 11.6 Å². The smallest absolute Gasteiger partial charge is 0.262 e. The third kappa shape index (κ3) is 8.55. The summed E-state index contributed by atoms with van der Waals surface area (Å²) >= 11 is 6.31. The van der Waals surface area contributed by atoms with Gasteiger partial charge in [0.2, 0.25) is 17.8 Å². The molecule has 15 heteroatoms. The Kier molecular flexibility index (Phi) is 11.6. The zero-order chi connectivity index (χ0) is 44.0. The lowest BCUT2D eigenvalue weighted by molar-refractivity contribution is -0.136. The van der Waals surface area contributed by atoms with Gasteiger partial charge in [0.15, 0.2) is 0 Å². The maximum atomic E-state index is 13.3. The van der Waals surface area contributed by atoms with Crippen molar-refractivity contribution in [1.82, 2.24) is 34.9 Å². The van der Waals surface area contributed by atoms with E-state index in [1.54, 1.807) is 18.2 Å². The minimum absolute atomic E-state index is 0.0990. The first-order valence-corrected chi connectivity index (χ1v) is 22.2. The van der Waals surface area contributed by atoms with Gasteiger partial charge in [-0.05, 0) is 91.4 Å². The number of piperidine rings is 2. The van der Waals surface area contributed by atoms with Crippen molar-refractivity contribution in [2.45, 2.75) is 82.6 Å². The zero-order valence-corrected chi connectivity index (χ0v) is 36.7. The first kappa shape index (κ1) is 42.6. The van der Waals surface area contributed by atoms with Gasteiger partial charge in [-0.3, -0.25) is 44.1 Å². The number of anilines is 1. The van der Waals surface area contributed by atoms with Crippen LogP contribution in [0.15, 0.2) is 72.9 Å². The Morgan fingerprint density at radius 2 is 1.62 bits per heavy atom. The molecule has 1 N–H and O–H groups in total. The van der Waals surface area contributed by atoms with Gasteiger partial charge in [0.05, 0.1) is 28.5 Å². The van der Waals surface area contributed by atoms with Crippen molar-refractivity contribution in [2.24, 2.45) is 0 Å². The second kappa shape index (κ2) is 17.1. The van der Waals surface area contributed by atoms with Crippen LogP contribution in [0.5, 0.6) is 5.75 Å². The molecule has 5 aliphatic heterocycles. The molecule has 0 bridgehead atoms. The van der Waals surface area contributed by atoms with E-state index in [4.69, 9.17) is 21.3 Å². The number of fused-ring (bicyclic) bond motifs is 1. The molecule has 4 aromatic rings. The van der Waals surface area contributed by atoms with E-state index < -0.39 is 23.8 Å². The SMILES string of the molecule is CC(C)(c1ccc(OCc2ccnc(N3CCN(C4(C)CCN(C5CN(Cc6ccc7c(c6)C(=O)N(C6CCC(=O)NC6=O)C7=O)C5)CC4)CC3)n2)cc1)c1cc(Cl)cc(C#N)c1. The summed E-state index contributed by atoms with van der Waals surface area (Å²) in [6.45, 7) is 15.3. The lowest BCUT2D eigenvalue weighted by atomic mass is 9.78. The molecule has 6 heterocycles. The van der Waals surface area contributed by atoms with Crippen LogP contribution < -0.4 is 15.0 Å². The average Bonchev–Trinajstić information content (AvgIpc) is 3.52. The van der Waals surface area contributed by atoms with E-state index in [1.807, 2.05) is 42.6 Å². The Morgan fingerprint density at radius 3 is 2.33 bits per heavy atom. The summed E-state index contributed by atoms with van der Waals surface area (Å²) in [6, 6.07) is 22.5. The van der Waals surface area contributed by atoms with Gasteiger partial charge < -0.3 is 9.64 Å². The molecule has 1 unspecified atom stereocenters. The third-order valence-electron chi connectivity index (χ3n) is 14.0. The number of nitrogens with zero attached hydrogens (tertiary/aromatic N) is 8. The molecular weight excluding hydrogens is 818 g/mol. The molecule has 0 aliphatic carbocycles.